The van der Waals surface area contributed by atoms with Crippen molar-refractivity contribution in [1.82, 2.24) is 10.6 Å². The summed E-state index contributed by atoms with van der Waals surface area (Å²) in [5, 5.41) is 14.6. The zero-order chi connectivity index (χ0) is 44.8. The Bertz CT molecular complexity index is 2290. The van der Waals surface area contributed by atoms with Gasteiger partial charge in [-0.2, -0.15) is 13.0 Å². The first-order chi connectivity index (χ1) is 28.7. The van der Waals surface area contributed by atoms with Crippen molar-refractivity contribution in [3.63, 3.8) is 0 Å². The molecule has 0 fully saturated rings. The van der Waals surface area contributed by atoms with Gasteiger partial charge in [0.2, 0.25) is 17.5 Å². The number of halogens is 2. The third-order valence-electron chi connectivity index (χ3n) is 12.1. The predicted octanol–water partition coefficient (Wildman–Crippen LogP) is 8.19. The van der Waals surface area contributed by atoms with Gasteiger partial charge in [-0.05, 0) is 99.1 Å². The maximum absolute atomic E-state index is 14.7. The SMILES string of the molecule is CCCCN1C(=CC=C2C=C(C=CC3=[N+](CCC)c4ccc(F)cc4C3(C)C)CC(C(=O)NCCCCCC(=O)O)(C(=O)NCCS(=O)(=O)O)C2)C(C)(C)c2cc(F)ccc21. The molecule has 5 rings (SSSR count). The van der Waals surface area contributed by atoms with Crippen molar-refractivity contribution in [2.45, 2.75) is 110 Å². The van der Waals surface area contributed by atoms with Gasteiger partial charge in [0, 0.05) is 67.0 Å². The molecule has 61 heavy (non-hydrogen) atoms. The van der Waals surface area contributed by atoms with Gasteiger partial charge in [0.1, 0.15) is 23.6 Å². The smallest absolute Gasteiger partial charge is 0.303 e. The average Bonchev–Trinajstić information content (AvgIpc) is 3.52. The minimum Gasteiger partial charge on any atom is -0.481 e. The van der Waals surface area contributed by atoms with E-state index in [1.54, 1.807) is 24.3 Å². The quantitative estimate of drug-likeness (QED) is 0.0477. The molecule has 1 aliphatic carbocycles. The number of hydrogen-bond donors (Lipinski definition) is 4. The van der Waals surface area contributed by atoms with Crippen molar-refractivity contribution in [1.29, 1.82) is 0 Å². The standard InChI is InChI=1S/C47H60F2N4O7S/c1-7-9-25-53-39-19-17-35(49)29-37(39)46(5,6)41(53)21-15-33-27-32(14-20-40-45(3,4)36-28-34(48)16-18-38(36)52(40)24-8-2)30-47(31-33,44(57)51-23-26-61(58,59)60)43(56)50-22-12-10-11-13-42(54)55/h14-21,27-29H,7-13,22-26,30-31H2,1-6H3,(H3-,50,51,54,55,56,57,58,59,60)/p+1. The van der Waals surface area contributed by atoms with Gasteiger partial charge in [-0.1, -0.05) is 58.8 Å². The molecule has 3 aliphatic rings. The number of allylic oxidation sites excluding steroid dienone is 8. The van der Waals surface area contributed by atoms with Crippen molar-refractivity contribution < 1.29 is 45.8 Å². The number of carbonyl (C=O) groups is 3. The third-order valence-corrected chi connectivity index (χ3v) is 12.8. The van der Waals surface area contributed by atoms with Crippen LogP contribution in [0.2, 0.25) is 0 Å². The fourth-order valence-electron chi connectivity index (χ4n) is 8.84. The fraction of sp³-hybridized carbons (Fsp3) is 0.489. The Hall–Kier alpha value is -4.95. The number of fused-ring (bicyclic) bond motifs is 2. The van der Waals surface area contributed by atoms with Crippen LogP contribution in [0.4, 0.5) is 20.2 Å². The highest BCUT2D eigenvalue weighted by Gasteiger charge is 2.49. The number of hydrogen-bond acceptors (Lipinski definition) is 6. The van der Waals surface area contributed by atoms with E-state index in [4.69, 9.17) is 5.11 Å². The second-order valence-electron chi connectivity index (χ2n) is 17.4. The van der Waals surface area contributed by atoms with Crippen LogP contribution < -0.4 is 15.5 Å². The van der Waals surface area contributed by atoms with Gasteiger partial charge < -0.3 is 20.6 Å². The number of anilines is 1. The second kappa shape index (κ2) is 19.4. The molecule has 0 aromatic heterocycles. The molecule has 0 bridgehead atoms. The van der Waals surface area contributed by atoms with E-state index in [0.29, 0.717) is 43.5 Å². The number of rotatable bonds is 19. The molecule has 0 saturated carbocycles. The van der Waals surface area contributed by atoms with Crippen LogP contribution in [0.5, 0.6) is 0 Å². The number of nitrogens with one attached hydrogen (secondary N) is 2. The van der Waals surface area contributed by atoms with Crippen molar-refractivity contribution in [2.24, 2.45) is 5.41 Å². The maximum atomic E-state index is 14.7. The van der Waals surface area contributed by atoms with Gasteiger partial charge >= 0.3 is 5.97 Å². The minimum atomic E-state index is -4.43. The van der Waals surface area contributed by atoms with Crippen molar-refractivity contribution in [2.75, 3.05) is 36.8 Å². The molecule has 2 aromatic rings. The largest absolute Gasteiger partial charge is 0.481 e. The molecule has 0 spiro atoms. The molecule has 14 heteroatoms. The normalized spacial score (nSPS) is 20.6. The van der Waals surface area contributed by atoms with Gasteiger partial charge in [-0.15, -0.1) is 0 Å². The van der Waals surface area contributed by atoms with E-state index < -0.39 is 56.4 Å². The first-order valence-electron chi connectivity index (χ1n) is 21.3. The average molecular weight is 864 g/mol. The Labute approximate surface area is 359 Å². The topological polar surface area (TPSA) is 156 Å². The van der Waals surface area contributed by atoms with Gasteiger partial charge in [0.15, 0.2) is 5.71 Å². The molecule has 2 amide bonds. The maximum Gasteiger partial charge on any atom is 0.303 e. The number of benzene rings is 2. The Kier molecular flexibility index (Phi) is 15.0. The van der Waals surface area contributed by atoms with Crippen LogP contribution in [-0.4, -0.2) is 78.1 Å². The summed E-state index contributed by atoms with van der Waals surface area (Å²) >= 11 is 0. The van der Waals surface area contributed by atoms with Gasteiger partial charge in [0.05, 0.1) is 11.2 Å². The highest BCUT2D eigenvalue weighted by atomic mass is 32.2. The lowest BCUT2D eigenvalue weighted by Crippen LogP contribution is -2.53. The molecular weight excluding hydrogens is 803 g/mol. The zero-order valence-corrected chi connectivity index (χ0v) is 37.1. The van der Waals surface area contributed by atoms with Crippen LogP contribution in [0.15, 0.2) is 83.6 Å². The Morgan fingerprint density at radius 2 is 1.51 bits per heavy atom. The first-order valence-corrected chi connectivity index (χ1v) is 22.9. The van der Waals surface area contributed by atoms with Crippen LogP contribution in [0.1, 0.15) is 110 Å². The van der Waals surface area contributed by atoms with Crippen LogP contribution in [0.3, 0.4) is 0 Å². The van der Waals surface area contributed by atoms with E-state index in [1.165, 1.54) is 12.1 Å². The number of nitrogens with zero attached hydrogens (tertiary/aromatic N) is 2. The highest BCUT2D eigenvalue weighted by Crippen LogP contribution is 2.49. The summed E-state index contributed by atoms with van der Waals surface area (Å²) in [6, 6.07) is 9.61. The molecule has 0 saturated heterocycles. The molecule has 330 valence electrons. The van der Waals surface area contributed by atoms with Gasteiger partial charge in [-0.25, -0.2) is 8.78 Å². The minimum absolute atomic E-state index is 0.00355. The molecule has 11 nitrogen and oxygen atoms in total. The summed E-state index contributed by atoms with van der Waals surface area (Å²) in [5.74, 6) is -3.62. The molecular formula is C47H61F2N4O7S+. The lowest BCUT2D eigenvalue weighted by Gasteiger charge is -2.35. The van der Waals surface area contributed by atoms with E-state index in [9.17, 15) is 36.1 Å². The Morgan fingerprint density at radius 1 is 0.836 bits per heavy atom. The third kappa shape index (κ3) is 10.7. The Balaban J connectivity index is 1.63. The summed E-state index contributed by atoms with van der Waals surface area (Å²) in [6.45, 7) is 13.4. The van der Waals surface area contributed by atoms with Crippen molar-refractivity contribution >= 4 is 45.0 Å². The van der Waals surface area contributed by atoms with Crippen LogP contribution >= 0.6 is 0 Å². The predicted molar refractivity (Wildman–Crippen MR) is 235 cm³/mol. The lowest BCUT2D eigenvalue weighted by molar-refractivity contribution is -0.437. The second-order valence-corrected chi connectivity index (χ2v) is 19.0. The van der Waals surface area contributed by atoms with Gasteiger partial charge in [-0.3, -0.25) is 18.9 Å². The number of amides is 2. The van der Waals surface area contributed by atoms with Crippen molar-refractivity contribution in [3.05, 3.63) is 106 Å². The summed E-state index contributed by atoms with van der Waals surface area (Å²) in [5.41, 5.74) is 3.67. The van der Waals surface area contributed by atoms with E-state index in [1.807, 2.05) is 58.1 Å². The van der Waals surface area contributed by atoms with Crippen LogP contribution in [0, 0.1) is 17.0 Å². The molecule has 2 heterocycles. The number of aliphatic carboxylic acids is 1. The summed E-state index contributed by atoms with van der Waals surface area (Å²) in [4.78, 5) is 42.2. The van der Waals surface area contributed by atoms with Crippen LogP contribution in [-0.2, 0) is 35.3 Å². The summed E-state index contributed by atoms with van der Waals surface area (Å²) < 4.78 is 64.3. The molecule has 2 aliphatic heterocycles. The van der Waals surface area contributed by atoms with Crippen LogP contribution in [0.25, 0.3) is 0 Å². The molecule has 2 aromatic carbocycles. The van der Waals surface area contributed by atoms with Crippen molar-refractivity contribution in [3.8, 4) is 0 Å². The van der Waals surface area contributed by atoms with E-state index in [-0.39, 0.29) is 37.4 Å². The fourth-order valence-corrected chi connectivity index (χ4v) is 9.20. The van der Waals surface area contributed by atoms with E-state index in [2.05, 4.69) is 34.0 Å². The molecule has 0 radical (unpaired) electrons. The lowest BCUT2D eigenvalue weighted by atomic mass is 9.70. The molecule has 1 unspecified atom stereocenters. The Morgan fingerprint density at radius 3 is 2.16 bits per heavy atom. The molecule has 4 N–H and O–H groups in total. The van der Waals surface area contributed by atoms with E-state index in [0.717, 1.165) is 53.2 Å². The number of unbranched alkanes of at least 4 members (excludes halogenated alkanes) is 3. The summed E-state index contributed by atoms with van der Waals surface area (Å²) in [6.07, 6.45) is 13.6. The van der Waals surface area contributed by atoms with Gasteiger partial charge in [0.25, 0.3) is 10.1 Å². The number of carbonyl (C=O) groups excluding carboxylic acids is 2. The number of carboxylic acids is 1. The van der Waals surface area contributed by atoms with E-state index >= 15 is 0 Å². The number of carboxylic acid groups (broad SMARTS) is 1. The molecule has 1 atom stereocenters. The highest BCUT2D eigenvalue weighted by molar-refractivity contribution is 7.85. The monoisotopic (exact) mass is 863 g/mol. The zero-order valence-electron chi connectivity index (χ0n) is 36.2. The summed E-state index contributed by atoms with van der Waals surface area (Å²) in [7, 11) is -4.43. The first kappa shape index (κ1) is 47.1.